The fourth-order valence-electron chi connectivity index (χ4n) is 4.50. The Balaban J connectivity index is 1.79. The van der Waals surface area contributed by atoms with Crippen molar-refractivity contribution in [2.45, 2.75) is 6.04 Å². The van der Waals surface area contributed by atoms with E-state index in [0.717, 1.165) is 10.8 Å². The molecule has 2 heterocycles. The lowest BCUT2D eigenvalue weighted by molar-refractivity contribution is -0.132. The number of hydrogen-bond acceptors (Lipinski definition) is 6. The van der Waals surface area contributed by atoms with Gasteiger partial charge in [-0.3, -0.25) is 19.5 Å². The minimum Gasteiger partial charge on any atom is -0.507 e. The van der Waals surface area contributed by atoms with Crippen LogP contribution in [0.3, 0.4) is 0 Å². The Hall–Kier alpha value is -4.65. The van der Waals surface area contributed by atoms with Gasteiger partial charge in [0.05, 0.1) is 37.1 Å². The van der Waals surface area contributed by atoms with Gasteiger partial charge in [0.1, 0.15) is 17.3 Å². The SMILES string of the molecule is COc1ccc(OC)c(/C(O)=C2\C(=O)C(=O)N(c3cccc4ccccc34)C2c2cccnc2)c1. The molecule has 1 N–H and O–H groups in total. The molecule has 5 rings (SSSR count). The number of pyridine rings is 1. The third kappa shape index (κ3) is 3.67. The fourth-order valence-corrected chi connectivity index (χ4v) is 4.50. The number of ether oxygens (including phenoxy) is 2. The van der Waals surface area contributed by atoms with E-state index >= 15 is 0 Å². The molecule has 1 aliphatic rings. The average Bonchev–Trinajstić information content (AvgIpc) is 3.18. The number of Topliss-reactive ketones (excluding diaryl/α,β-unsaturated/α-hetero) is 1. The van der Waals surface area contributed by atoms with Crippen LogP contribution in [0.15, 0.2) is 90.8 Å². The standard InChI is InChI=1S/C28H22N2O5/c1-34-19-12-13-23(35-2)21(15-19)26(31)24-25(18-9-6-14-29-16-18)30(28(33)27(24)32)22-11-5-8-17-7-3-4-10-20(17)22/h3-16,25,31H,1-2H3/b26-24+. The Morgan fingerprint density at radius 1 is 0.943 bits per heavy atom. The molecular weight excluding hydrogens is 444 g/mol. The summed E-state index contributed by atoms with van der Waals surface area (Å²) in [6, 6.07) is 20.7. The Morgan fingerprint density at radius 2 is 1.74 bits per heavy atom. The van der Waals surface area contributed by atoms with Crippen molar-refractivity contribution in [1.82, 2.24) is 4.98 Å². The highest BCUT2D eigenvalue weighted by atomic mass is 16.5. The summed E-state index contributed by atoms with van der Waals surface area (Å²) in [5, 5.41) is 13.2. The Kier molecular flexibility index (Phi) is 5.66. The maximum Gasteiger partial charge on any atom is 0.300 e. The van der Waals surface area contributed by atoms with Crippen LogP contribution >= 0.6 is 0 Å². The van der Waals surface area contributed by atoms with Gasteiger partial charge in [-0.2, -0.15) is 0 Å². The summed E-state index contributed by atoms with van der Waals surface area (Å²) in [7, 11) is 2.96. The van der Waals surface area contributed by atoms with Crippen LogP contribution in [0.25, 0.3) is 16.5 Å². The number of aromatic nitrogens is 1. The van der Waals surface area contributed by atoms with Crippen LogP contribution in [0.4, 0.5) is 5.69 Å². The number of carbonyl (C=O) groups is 2. The van der Waals surface area contributed by atoms with Crippen molar-refractivity contribution in [2.75, 3.05) is 19.1 Å². The van der Waals surface area contributed by atoms with E-state index in [-0.39, 0.29) is 16.9 Å². The summed E-state index contributed by atoms with van der Waals surface area (Å²) in [6.07, 6.45) is 3.20. The third-order valence-corrected chi connectivity index (χ3v) is 6.13. The summed E-state index contributed by atoms with van der Waals surface area (Å²) >= 11 is 0. The van der Waals surface area contributed by atoms with Crippen molar-refractivity contribution in [2.24, 2.45) is 0 Å². The highest BCUT2D eigenvalue weighted by molar-refractivity contribution is 6.52. The smallest absolute Gasteiger partial charge is 0.300 e. The maximum atomic E-state index is 13.5. The summed E-state index contributed by atoms with van der Waals surface area (Å²) in [5.74, 6) is -1.08. The van der Waals surface area contributed by atoms with Gasteiger partial charge in [-0.1, -0.05) is 42.5 Å². The summed E-state index contributed by atoms with van der Waals surface area (Å²) in [4.78, 5) is 32.6. The Morgan fingerprint density at radius 3 is 2.49 bits per heavy atom. The van der Waals surface area contributed by atoms with Crippen molar-refractivity contribution >= 4 is 33.9 Å². The molecule has 174 valence electrons. The fraction of sp³-hybridized carbons (Fsp3) is 0.107. The zero-order chi connectivity index (χ0) is 24.5. The lowest BCUT2D eigenvalue weighted by atomic mass is 9.95. The van der Waals surface area contributed by atoms with Gasteiger partial charge in [-0.05, 0) is 41.3 Å². The van der Waals surface area contributed by atoms with E-state index in [2.05, 4.69) is 4.98 Å². The van der Waals surface area contributed by atoms with Gasteiger partial charge in [0.2, 0.25) is 0 Å². The minimum absolute atomic E-state index is 0.0533. The molecule has 1 atom stereocenters. The first-order chi connectivity index (χ1) is 17.0. The molecule has 4 aromatic rings. The molecule has 0 radical (unpaired) electrons. The number of hydrogen-bond donors (Lipinski definition) is 1. The number of aliphatic hydroxyl groups is 1. The van der Waals surface area contributed by atoms with Crippen LogP contribution in [0.1, 0.15) is 17.2 Å². The minimum atomic E-state index is -0.898. The topological polar surface area (TPSA) is 89.0 Å². The third-order valence-electron chi connectivity index (χ3n) is 6.13. The second kappa shape index (κ2) is 8.95. The number of amides is 1. The van der Waals surface area contributed by atoms with Gasteiger partial charge in [0, 0.05) is 17.8 Å². The van der Waals surface area contributed by atoms with Crippen molar-refractivity contribution < 1.29 is 24.2 Å². The van der Waals surface area contributed by atoms with Crippen LogP contribution in [0.2, 0.25) is 0 Å². The molecule has 0 saturated carbocycles. The number of fused-ring (bicyclic) bond motifs is 1. The lowest BCUT2D eigenvalue weighted by Crippen LogP contribution is -2.29. The number of methoxy groups -OCH3 is 2. The first kappa shape index (κ1) is 22.2. The molecule has 1 saturated heterocycles. The van der Waals surface area contributed by atoms with Gasteiger partial charge >= 0.3 is 0 Å². The van der Waals surface area contributed by atoms with Crippen LogP contribution in [-0.2, 0) is 9.59 Å². The van der Waals surface area contributed by atoms with Gasteiger partial charge in [0.25, 0.3) is 11.7 Å². The summed E-state index contributed by atoms with van der Waals surface area (Å²) in [5.41, 5.74) is 1.35. The Labute approximate surface area is 201 Å². The molecule has 0 bridgehead atoms. The van der Waals surface area contributed by atoms with Gasteiger partial charge < -0.3 is 14.6 Å². The molecule has 7 heteroatoms. The van der Waals surface area contributed by atoms with Crippen LogP contribution in [-0.4, -0.2) is 36.0 Å². The van der Waals surface area contributed by atoms with E-state index in [9.17, 15) is 14.7 Å². The molecule has 35 heavy (non-hydrogen) atoms. The number of rotatable bonds is 5. The van der Waals surface area contributed by atoms with Crippen molar-refractivity contribution in [3.8, 4) is 11.5 Å². The molecule has 1 unspecified atom stereocenters. The van der Waals surface area contributed by atoms with Gasteiger partial charge in [-0.25, -0.2) is 0 Å². The molecule has 1 amide bonds. The van der Waals surface area contributed by atoms with Crippen LogP contribution < -0.4 is 14.4 Å². The average molecular weight is 466 g/mol. The van der Waals surface area contributed by atoms with Crippen LogP contribution in [0.5, 0.6) is 11.5 Å². The second-order valence-corrected chi connectivity index (χ2v) is 8.02. The molecule has 3 aromatic carbocycles. The quantitative estimate of drug-likeness (QED) is 0.256. The number of ketones is 1. The van der Waals surface area contributed by atoms with Crippen molar-refractivity contribution in [3.05, 3.63) is 102 Å². The molecule has 1 fully saturated rings. The molecule has 1 aliphatic heterocycles. The molecule has 1 aromatic heterocycles. The Bertz CT molecular complexity index is 1470. The number of aliphatic hydroxyl groups excluding tert-OH is 1. The first-order valence-electron chi connectivity index (χ1n) is 11.0. The normalized spacial score (nSPS) is 17.1. The van der Waals surface area contributed by atoms with E-state index in [4.69, 9.17) is 9.47 Å². The highest BCUT2D eigenvalue weighted by Gasteiger charge is 2.47. The van der Waals surface area contributed by atoms with E-state index in [1.54, 1.807) is 48.8 Å². The highest BCUT2D eigenvalue weighted by Crippen LogP contribution is 2.45. The predicted octanol–water partition coefficient (Wildman–Crippen LogP) is 4.88. The number of nitrogens with zero attached hydrogens (tertiary/aromatic N) is 2. The van der Waals surface area contributed by atoms with E-state index in [1.807, 2.05) is 36.4 Å². The van der Waals surface area contributed by atoms with Crippen molar-refractivity contribution in [3.63, 3.8) is 0 Å². The maximum absolute atomic E-state index is 13.5. The number of benzene rings is 3. The van der Waals surface area contributed by atoms with Gasteiger partial charge in [-0.15, -0.1) is 0 Å². The number of anilines is 1. The number of carbonyl (C=O) groups excluding carboxylic acids is 2. The largest absolute Gasteiger partial charge is 0.507 e. The molecule has 0 spiro atoms. The molecule has 0 aliphatic carbocycles. The van der Waals surface area contributed by atoms with E-state index in [1.165, 1.54) is 19.1 Å². The zero-order valence-electron chi connectivity index (χ0n) is 19.1. The lowest BCUT2D eigenvalue weighted by Gasteiger charge is -2.26. The summed E-state index contributed by atoms with van der Waals surface area (Å²) in [6.45, 7) is 0. The monoisotopic (exact) mass is 466 g/mol. The van der Waals surface area contributed by atoms with Crippen LogP contribution in [0, 0.1) is 0 Å². The van der Waals surface area contributed by atoms with Gasteiger partial charge in [0.15, 0.2) is 0 Å². The van der Waals surface area contributed by atoms with E-state index < -0.39 is 17.7 Å². The molecule has 7 nitrogen and oxygen atoms in total. The first-order valence-corrected chi connectivity index (χ1v) is 11.0. The van der Waals surface area contributed by atoms with Crippen molar-refractivity contribution in [1.29, 1.82) is 0 Å². The predicted molar refractivity (Wildman–Crippen MR) is 133 cm³/mol. The second-order valence-electron chi connectivity index (χ2n) is 8.02. The zero-order valence-corrected chi connectivity index (χ0v) is 19.1. The molecular formula is C28H22N2O5. The van der Waals surface area contributed by atoms with E-state index in [0.29, 0.717) is 22.7 Å². The summed E-state index contributed by atoms with van der Waals surface area (Å²) < 4.78 is 10.7.